The fourth-order valence-corrected chi connectivity index (χ4v) is 2.15. The number of amidine groups is 1. The molecule has 162 valence electrons. The highest BCUT2D eigenvalue weighted by Crippen LogP contribution is 2.24. The van der Waals surface area contributed by atoms with E-state index < -0.39 is 28.9 Å². The van der Waals surface area contributed by atoms with Crippen LogP contribution in [0.4, 0.5) is 19.1 Å². The van der Waals surface area contributed by atoms with Gasteiger partial charge in [-0.2, -0.15) is 13.2 Å². The number of halogens is 3. The zero-order valence-electron chi connectivity index (χ0n) is 15.2. The largest absolute Gasteiger partial charge is 0.490 e. The van der Waals surface area contributed by atoms with E-state index in [-0.39, 0.29) is 17.3 Å². The molecule has 10 nitrogen and oxygen atoms in total. The molecule has 0 amide bonds. The summed E-state index contributed by atoms with van der Waals surface area (Å²) in [7, 11) is 0. The van der Waals surface area contributed by atoms with E-state index in [2.05, 4.69) is 0 Å². The number of ether oxygens (including phenoxy) is 1. The van der Waals surface area contributed by atoms with E-state index in [0.717, 1.165) is 16.8 Å². The summed E-state index contributed by atoms with van der Waals surface area (Å²) in [5.74, 6) is -4.14. The Morgan fingerprint density at radius 2 is 1.68 bits per heavy atom. The van der Waals surface area contributed by atoms with Crippen LogP contribution in [0.25, 0.3) is 10.8 Å². The molecular formula is C18H12F3N3O7. The van der Waals surface area contributed by atoms with Gasteiger partial charge in [0.15, 0.2) is 0 Å². The van der Waals surface area contributed by atoms with Crippen molar-refractivity contribution in [2.45, 2.75) is 6.18 Å². The highest BCUT2D eigenvalue weighted by molar-refractivity contribution is 5.99. The van der Waals surface area contributed by atoms with Gasteiger partial charge in [0.1, 0.15) is 16.5 Å². The second-order valence-electron chi connectivity index (χ2n) is 5.72. The maximum absolute atomic E-state index is 11.9. The van der Waals surface area contributed by atoms with Gasteiger partial charge in [0, 0.05) is 5.56 Å². The number of nitrogens with one attached hydrogen (secondary N) is 1. The van der Waals surface area contributed by atoms with Gasteiger partial charge in [0.05, 0.1) is 6.07 Å². The number of carbonyl (C=O) groups excluding carboxylic acids is 1. The Kier molecular flexibility index (Phi) is 6.59. The number of esters is 1. The molecule has 4 N–H and O–H groups in total. The molecule has 0 radical (unpaired) electrons. The minimum absolute atomic E-state index is 0.0354. The molecule has 0 fully saturated rings. The van der Waals surface area contributed by atoms with Crippen LogP contribution >= 0.6 is 0 Å². The average molecular weight is 439 g/mol. The lowest BCUT2D eigenvalue weighted by Gasteiger charge is -2.05. The Morgan fingerprint density at radius 3 is 2.19 bits per heavy atom. The van der Waals surface area contributed by atoms with Crippen molar-refractivity contribution in [1.29, 1.82) is 5.41 Å². The number of nitro groups is 1. The number of nitrogens with zero attached hydrogens (tertiary/aromatic N) is 1. The molecule has 0 aliphatic carbocycles. The maximum Gasteiger partial charge on any atom is 0.490 e. The quantitative estimate of drug-likeness (QED) is 0.139. The van der Waals surface area contributed by atoms with Crippen LogP contribution in [0, 0.1) is 15.5 Å². The van der Waals surface area contributed by atoms with Crippen molar-refractivity contribution in [1.82, 2.24) is 0 Å². The number of nitrogens with two attached hydrogens (primary N) is 1. The van der Waals surface area contributed by atoms with Crippen molar-refractivity contribution >= 4 is 34.4 Å². The number of nitrogen functional groups attached to an aromatic ring is 1. The topological polar surface area (TPSA) is 170 Å². The molecular weight excluding hydrogens is 427 g/mol. The highest BCUT2D eigenvalue weighted by atomic mass is 19.4. The van der Waals surface area contributed by atoms with E-state index in [4.69, 9.17) is 30.2 Å². The second kappa shape index (κ2) is 8.94. The Labute approximate surface area is 170 Å². The van der Waals surface area contributed by atoms with Crippen LogP contribution in [-0.2, 0) is 4.79 Å². The molecule has 3 aromatic rings. The molecule has 0 unspecified atom stereocenters. The first kappa shape index (κ1) is 22.9. The Bertz CT molecular complexity index is 1170. The number of furan rings is 1. The number of benzene rings is 2. The van der Waals surface area contributed by atoms with Crippen LogP contribution in [0.15, 0.2) is 52.9 Å². The monoisotopic (exact) mass is 439 g/mol. The first-order chi connectivity index (χ1) is 14.4. The molecule has 3 rings (SSSR count). The summed E-state index contributed by atoms with van der Waals surface area (Å²) in [5.41, 5.74) is 6.04. The summed E-state index contributed by atoms with van der Waals surface area (Å²) in [6, 6.07) is 12.4. The van der Waals surface area contributed by atoms with Crippen LogP contribution in [0.5, 0.6) is 5.75 Å². The van der Waals surface area contributed by atoms with Crippen molar-refractivity contribution < 1.29 is 41.9 Å². The second-order valence-corrected chi connectivity index (χ2v) is 5.72. The minimum Gasteiger partial charge on any atom is -0.475 e. The smallest absolute Gasteiger partial charge is 0.475 e. The van der Waals surface area contributed by atoms with Crippen molar-refractivity contribution in [3.05, 3.63) is 70.0 Å². The standard InChI is InChI=1S/C16H11N3O5.C2HF3O2/c17-15(18)11-2-1-10-8-12(4-3-9(10)7-11)23-16(20)13-5-6-14(24-13)19(21)22;3-2(4,5)1(6)7/h1-8H,(H3,17,18);(H,6,7). The van der Waals surface area contributed by atoms with Gasteiger partial charge in [-0.1, -0.05) is 18.2 Å². The molecule has 31 heavy (non-hydrogen) atoms. The van der Waals surface area contributed by atoms with Crippen molar-refractivity contribution in [3.8, 4) is 5.75 Å². The highest BCUT2D eigenvalue weighted by Gasteiger charge is 2.38. The van der Waals surface area contributed by atoms with Crippen molar-refractivity contribution in [3.63, 3.8) is 0 Å². The fraction of sp³-hybridized carbons (Fsp3) is 0.0556. The summed E-state index contributed by atoms with van der Waals surface area (Å²) < 4.78 is 41.7. The summed E-state index contributed by atoms with van der Waals surface area (Å²) in [5, 5.41) is 26.7. The van der Waals surface area contributed by atoms with Gasteiger partial charge in [0.25, 0.3) is 0 Å². The van der Waals surface area contributed by atoms with Gasteiger partial charge in [0.2, 0.25) is 5.76 Å². The maximum atomic E-state index is 11.9. The van der Waals surface area contributed by atoms with Gasteiger partial charge in [-0.05, 0) is 35.0 Å². The first-order valence-corrected chi connectivity index (χ1v) is 8.03. The number of hydrogen-bond donors (Lipinski definition) is 3. The Morgan fingerprint density at radius 1 is 1.10 bits per heavy atom. The van der Waals surface area contributed by atoms with Crippen LogP contribution in [-0.4, -0.2) is 34.0 Å². The summed E-state index contributed by atoms with van der Waals surface area (Å²) in [6.07, 6.45) is -5.08. The molecule has 0 aliphatic heterocycles. The van der Waals surface area contributed by atoms with E-state index in [0.29, 0.717) is 5.56 Å². The van der Waals surface area contributed by atoms with E-state index >= 15 is 0 Å². The number of rotatable bonds is 4. The van der Waals surface area contributed by atoms with Gasteiger partial charge in [-0.25, -0.2) is 9.59 Å². The number of carbonyl (C=O) groups is 2. The molecule has 0 aliphatic rings. The number of carboxylic acids is 1. The number of alkyl halides is 3. The predicted octanol–water partition coefficient (Wildman–Crippen LogP) is 3.48. The molecule has 0 bridgehead atoms. The normalized spacial score (nSPS) is 10.7. The lowest BCUT2D eigenvalue weighted by atomic mass is 10.1. The average Bonchev–Trinajstić information content (AvgIpc) is 3.18. The van der Waals surface area contributed by atoms with Gasteiger partial charge in [-0.15, -0.1) is 0 Å². The van der Waals surface area contributed by atoms with Gasteiger partial charge < -0.3 is 20.0 Å². The molecule has 13 heteroatoms. The van der Waals surface area contributed by atoms with E-state index in [1.54, 1.807) is 36.4 Å². The van der Waals surface area contributed by atoms with Crippen LogP contribution in [0.3, 0.4) is 0 Å². The van der Waals surface area contributed by atoms with Crippen molar-refractivity contribution in [2.75, 3.05) is 0 Å². The van der Waals surface area contributed by atoms with E-state index in [9.17, 15) is 28.1 Å². The fourth-order valence-electron chi connectivity index (χ4n) is 2.15. The molecule has 0 saturated carbocycles. The molecule has 2 aromatic carbocycles. The van der Waals surface area contributed by atoms with Crippen LogP contribution < -0.4 is 10.5 Å². The number of fused-ring (bicyclic) bond motifs is 1. The van der Waals surface area contributed by atoms with Gasteiger partial charge in [-0.3, -0.25) is 15.5 Å². The van der Waals surface area contributed by atoms with Crippen LogP contribution in [0.1, 0.15) is 16.1 Å². The number of aliphatic carboxylic acids is 1. The molecule has 0 saturated heterocycles. The van der Waals surface area contributed by atoms with Crippen molar-refractivity contribution in [2.24, 2.45) is 5.73 Å². The molecule has 1 heterocycles. The summed E-state index contributed by atoms with van der Waals surface area (Å²) in [6.45, 7) is 0. The Balaban J connectivity index is 0.000000423. The van der Waals surface area contributed by atoms with E-state index in [1.807, 2.05) is 0 Å². The minimum atomic E-state index is -5.08. The SMILES string of the molecule is N=C(N)c1ccc2cc(OC(=O)c3ccc([N+](=O)[O-])o3)ccc2c1.O=C(O)C(F)(F)F. The zero-order chi connectivity index (χ0) is 23.3. The third kappa shape index (κ3) is 6.03. The summed E-state index contributed by atoms with van der Waals surface area (Å²) >= 11 is 0. The first-order valence-electron chi connectivity index (χ1n) is 8.03. The van der Waals surface area contributed by atoms with E-state index in [1.165, 1.54) is 6.07 Å². The number of hydrogen-bond acceptors (Lipinski definition) is 7. The molecule has 0 atom stereocenters. The zero-order valence-corrected chi connectivity index (χ0v) is 15.2. The molecule has 1 aromatic heterocycles. The van der Waals surface area contributed by atoms with Gasteiger partial charge >= 0.3 is 24.0 Å². The third-order valence-electron chi connectivity index (χ3n) is 3.55. The predicted molar refractivity (Wildman–Crippen MR) is 99.0 cm³/mol. The number of carboxylic acid groups (broad SMARTS) is 1. The molecule has 0 spiro atoms. The van der Waals surface area contributed by atoms with Crippen LogP contribution in [0.2, 0.25) is 0 Å². The lowest BCUT2D eigenvalue weighted by molar-refractivity contribution is -0.402. The Hall–Kier alpha value is -4.42. The summed E-state index contributed by atoms with van der Waals surface area (Å²) in [4.78, 5) is 30.7. The third-order valence-corrected chi connectivity index (χ3v) is 3.55. The lowest BCUT2D eigenvalue weighted by Crippen LogP contribution is -2.21.